The summed E-state index contributed by atoms with van der Waals surface area (Å²) in [4.78, 5) is 7.88. The highest BCUT2D eigenvalue weighted by atomic mass is 35.5. The Balaban J connectivity index is 2.06. The van der Waals surface area contributed by atoms with Crippen LogP contribution in [0.5, 0.6) is 5.75 Å². The summed E-state index contributed by atoms with van der Waals surface area (Å²) in [6.07, 6.45) is 1.62. The van der Waals surface area contributed by atoms with Crippen molar-refractivity contribution in [1.29, 1.82) is 0 Å². The van der Waals surface area contributed by atoms with E-state index in [9.17, 15) is 0 Å². The van der Waals surface area contributed by atoms with Gasteiger partial charge in [0.05, 0.1) is 5.02 Å². The molecule has 6 heteroatoms. The third-order valence-corrected chi connectivity index (χ3v) is 2.54. The Hall–Kier alpha value is -2.27. The van der Waals surface area contributed by atoms with E-state index in [1.54, 1.807) is 12.3 Å². The van der Waals surface area contributed by atoms with Crippen LogP contribution in [0.1, 0.15) is 5.56 Å². The molecule has 0 saturated carbocycles. The van der Waals surface area contributed by atoms with Gasteiger partial charge in [-0.25, -0.2) is 4.98 Å². The molecule has 0 aliphatic heterocycles. The first-order valence-electron chi connectivity index (χ1n) is 5.57. The van der Waals surface area contributed by atoms with Crippen molar-refractivity contribution in [2.24, 2.45) is 16.5 Å². The van der Waals surface area contributed by atoms with E-state index in [2.05, 4.69) is 9.98 Å². The maximum Gasteiger partial charge on any atom is 0.192 e. The molecule has 0 bridgehead atoms. The lowest BCUT2D eigenvalue weighted by atomic mass is 10.3. The highest BCUT2D eigenvalue weighted by Crippen LogP contribution is 2.23. The van der Waals surface area contributed by atoms with E-state index in [0.29, 0.717) is 17.4 Å². The fourth-order valence-electron chi connectivity index (χ4n) is 1.44. The molecular formula is C13H13ClN4O. The van der Waals surface area contributed by atoms with Crippen LogP contribution in [0, 0.1) is 0 Å². The van der Waals surface area contributed by atoms with E-state index in [0.717, 1.165) is 11.3 Å². The second-order valence-electron chi connectivity index (χ2n) is 3.79. The van der Waals surface area contributed by atoms with Gasteiger partial charge in [-0.1, -0.05) is 29.8 Å². The quantitative estimate of drug-likeness (QED) is 0.662. The van der Waals surface area contributed by atoms with Crippen LogP contribution in [0.4, 0.5) is 5.82 Å². The van der Waals surface area contributed by atoms with Gasteiger partial charge in [-0.2, -0.15) is 4.99 Å². The number of benzene rings is 1. The summed E-state index contributed by atoms with van der Waals surface area (Å²) in [5.74, 6) is 1.000. The summed E-state index contributed by atoms with van der Waals surface area (Å²) >= 11 is 6.02. The molecule has 0 radical (unpaired) electrons. The Morgan fingerprint density at radius 2 is 2.00 bits per heavy atom. The topological polar surface area (TPSA) is 86.5 Å². The van der Waals surface area contributed by atoms with Crippen molar-refractivity contribution in [3.63, 3.8) is 0 Å². The summed E-state index contributed by atoms with van der Waals surface area (Å²) in [6, 6.07) is 11.2. The Morgan fingerprint density at radius 1 is 1.26 bits per heavy atom. The molecule has 1 heterocycles. The van der Waals surface area contributed by atoms with Crippen molar-refractivity contribution in [3.05, 3.63) is 53.2 Å². The van der Waals surface area contributed by atoms with Crippen molar-refractivity contribution in [2.45, 2.75) is 6.61 Å². The van der Waals surface area contributed by atoms with E-state index in [1.807, 2.05) is 30.3 Å². The molecule has 0 aliphatic carbocycles. The van der Waals surface area contributed by atoms with Gasteiger partial charge in [0, 0.05) is 11.8 Å². The molecule has 98 valence electrons. The van der Waals surface area contributed by atoms with Crippen molar-refractivity contribution in [2.75, 3.05) is 0 Å². The number of halogens is 1. The minimum absolute atomic E-state index is 0.0808. The lowest BCUT2D eigenvalue weighted by molar-refractivity contribution is 0.306. The van der Waals surface area contributed by atoms with Crippen LogP contribution in [0.25, 0.3) is 0 Å². The molecule has 0 saturated heterocycles. The lowest BCUT2D eigenvalue weighted by Crippen LogP contribution is -2.22. The number of para-hydroxylation sites is 1. The Labute approximate surface area is 115 Å². The zero-order chi connectivity index (χ0) is 13.7. The molecule has 2 rings (SSSR count). The minimum atomic E-state index is -0.0808. The van der Waals surface area contributed by atoms with Crippen molar-refractivity contribution >= 4 is 23.4 Å². The van der Waals surface area contributed by atoms with Gasteiger partial charge in [0.1, 0.15) is 12.4 Å². The first-order chi connectivity index (χ1) is 9.15. The van der Waals surface area contributed by atoms with Crippen LogP contribution in [0.2, 0.25) is 5.02 Å². The molecule has 0 spiro atoms. The van der Waals surface area contributed by atoms with Crippen LogP contribution in [0.3, 0.4) is 0 Å². The molecule has 19 heavy (non-hydrogen) atoms. The molecule has 0 amide bonds. The summed E-state index contributed by atoms with van der Waals surface area (Å²) in [5, 5.41) is 0.377. The molecule has 0 aliphatic rings. The van der Waals surface area contributed by atoms with Gasteiger partial charge < -0.3 is 16.2 Å². The average molecular weight is 277 g/mol. The molecule has 1 aromatic heterocycles. The molecule has 4 N–H and O–H groups in total. The number of hydrogen-bond acceptors (Lipinski definition) is 3. The molecule has 5 nitrogen and oxygen atoms in total. The van der Waals surface area contributed by atoms with Gasteiger partial charge in [0.25, 0.3) is 0 Å². The standard InChI is InChI=1S/C13H13ClN4O/c14-11-6-9(7-17-12(11)18-13(15)16)8-19-10-4-2-1-3-5-10/h1-7H,8H2,(H4,15,16,17,18). The molecule has 2 aromatic rings. The minimum Gasteiger partial charge on any atom is -0.489 e. The van der Waals surface area contributed by atoms with Crippen molar-refractivity contribution in [3.8, 4) is 5.75 Å². The summed E-state index contributed by atoms with van der Waals surface area (Å²) in [6.45, 7) is 0.374. The first kappa shape index (κ1) is 13.2. The van der Waals surface area contributed by atoms with Crippen LogP contribution >= 0.6 is 11.6 Å². The Morgan fingerprint density at radius 3 is 2.63 bits per heavy atom. The van der Waals surface area contributed by atoms with Crippen molar-refractivity contribution in [1.82, 2.24) is 4.98 Å². The Bertz CT molecular complexity index is 582. The maximum atomic E-state index is 6.02. The monoisotopic (exact) mass is 276 g/mol. The number of nitrogens with two attached hydrogens (primary N) is 2. The number of hydrogen-bond donors (Lipinski definition) is 2. The Kier molecular flexibility index (Phi) is 4.20. The van der Waals surface area contributed by atoms with E-state index in [-0.39, 0.29) is 5.96 Å². The highest BCUT2D eigenvalue weighted by Gasteiger charge is 2.03. The number of aliphatic imine (C=N–C) groups is 1. The smallest absolute Gasteiger partial charge is 0.192 e. The average Bonchev–Trinajstić information content (AvgIpc) is 2.40. The van der Waals surface area contributed by atoms with Gasteiger partial charge in [-0.3, -0.25) is 0 Å². The zero-order valence-corrected chi connectivity index (χ0v) is 10.8. The summed E-state index contributed by atoms with van der Waals surface area (Å²) < 4.78 is 5.58. The van der Waals surface area contributed by atoms with Gasteiger partial charge in [0.2, 0.25) is 0 Å². The van der Waals surface area contributed by atoms with E-state index in [4.69, 9.17) is 27.8 Å². The largest absolute Gasteiger partial charge is 0.489 e. The van der Waals surface area contributed by atoms with Crippen LogP contribution < -0.4 is 16.2 Å². The second-order valence-corrected chi connectivity index (χ2v) is 4.19. The number of guanidine groups is 1. The van der Waals surface area contributed by atoms with Crippen LogP contribution in [-0.4, -0.2) is 10.9 Å². The van der Waals surface area contributed by atoms with E-state index in [1.165, 1.54) is 0 Å². The SMILES string of the molecule is NC(N)=Nc1ncc(COc2ccccc2)cc1Cl. The normalized spacial score (nSPS) is 9.95. The molecule has 0 atom stereocenters. The van der Waals surface area contributed by atoms with E-state index < -0.39 is 0 Å². The second kappa shape index (κ2) is 6.06. The number of aromatic nitrogens is 1. The van der Waals surface area contributed by atoms with Gasteiger partial charge in [0.15, 0.2) is 11.8 Å². The van der Waals surface area contributed by atoms with E-state index >= 15 is 0 Å². The third-order valence-electron chi connectivity index (χ3n) is 2.26. The molecule has 0 unspecified atom stereocenters. The summed E-state index contributed by atoms with van der Waals surface area (Å²) in [7, 11) is 0. The van der Waals surface area contributed by atoms with Crippen LogP contribution in [0.15, 0.2) is 47.6 Å². The number of ether oxygens (including phenoxy) is 1. The number of rotatable bonds is 4. The van der Waals surface area contributed by atoms with Gasteiger partial charge in [-0.05, 0) is 18.2 Å². The van der Waals surface area contributed by atoms with Gasteiger partial charge >= 0.3 is 0 Å². The molecule has 0 fully saturated rings. The fraction of sp³-hybridized carbons (Fsp3) is 0.0769. The lowest BCUT2D eigenvalue weighted by Gasteiger charge is -2.06. The van der Waals surface area contributed by atoms with Crippen molar-refractivity contribution < 1.29 is 4.74 Å². The number of pyridine rings is 1. The van der Waals surface area contributed by atoms with Crippen LogP contribution in [-0.2, 0) is 6.61 Å². The molecule has 1 aromatic carbocycles. The number of nitrogens with zero attached hydrogens (tertiary/aromatic N) is 2. The highest BCUT2D eigenvalue weighted by molar-refractivity contribution is 6.32. The first-order valence-corrected chi connectivity index (χ1v) is 5.95. The summed E-state index contributed by atoms with van der Waals surface area (Å²) in [5.41, 5.74) is 11.4. The zero-order valence-electron chi connectivity index (χ0n) is 10.1. The third kappa shape index (κ3) is 3.86. The fourth-order valence-corrected chi connectivity index (χ4v) is 1.67. The van der Waals surface area contributed by atoms with Gasteiger partial charge in [-0.15, -0.1) is 0 Å². The predicted octanol–water partition coefficient (Wildman–Crippen LogP) is 2.22. The predicted molar refractivity (Wildman–Crippen MR) is 75.5 cm³/mol. The molecular weight excluding hydrogens is 264 g/mol. The maximum absolute atomic E-state index is 6.02.